The van der Waals surface area contributed by atoms with E-state index in [9.17, 15) is 0 Å². The standard InChI is InChI=1S/C7H8ClNO/c1-10-6-4-2-3-5(9)7(6)8/h2-4H,9H2,1H3. The van der Waals surface area contributed by atoms with Crippen molar-refractivity contribution in [3.8, 4) is 5.75 Å². The van der Waals surface area contributed by atoms with E-state index in [0.717, 1.165) is 0 Å². The van der Waals surface area contributed by atoms with Gasteiger partial charge in [0, 0.05) is 0 Å². The van der Waals surface area contributed by atoms with Gasteiger partial charge in [0.05, 0.1) is 12.8 Å². The van der Waals surface area contributed by atoms with Gasteiger partial charge in [0.2, 0.25) is 0 Å². The molecule has 0 unspecified atom stereocenters. The summed E-state index contributed by atoms with van der Waals surface area (Å²) in [6.07, 6.45) is 0. The average molecular weight is 158 g/mol. The maximum absolute atomic E-state index is 5.74. The Labute approximate surface area is 64.6 Å². The first-order chi connectivity index (χ1) is 4.75. The van der Waals surface area contributed by atoms with Crippen LogP contribution in [0.2, 0.25) is 5.02 Å². The lowest BCUT2D eigenvalue weighted by molar-refractivity contribution is 0.415. The summed E-state index contributed by atoms with van der Waals surface area (Å²) in [7, 11) is 1.56. The van der Waals surface area contributed by atoms with Crippen LogP contribution in [0.25, 0.3) is 0 Å². The molecule has 1 aromatic carbocycles. The third-order valence-electron chi connectivity index (χ3n) is 1.21. The van der Waals surface area contributed by atoms with Crippen molar-refractivity contribution in [2.45, 2.75) is 0 Å². The first kappa shape index (κ1) is 7.22. The van der Waals surface area contributed by atoms with Gasteiger partial charge in [-0.1, -0.05) is 17.7 Å². The largest absolute Gasteiger partial charge is 0.495 e. The highest BCUT2D eigenvalue weighted by Crippen LogP contribution is 2.28. The maximum Gasteiger partial charge on any atom is 0.139 e. The molecule has 0 atom stereocenters. The topological polar surface area (TPSA) is 35.2 Å². The summed E-state index contributed by atoms with van der Waals surface area (Å²) in [6.45, 7) is 0. The van der Waals surface area contributed by atoms with E-state index in [4.69, 9.17) is 22.1 Å². The number of hydrogen-bond donors (Lipinski definition) is 1. The first-order valence-electron chi connectivity index (χ1n) is 2.83. The molecule has 0 heterocycles. The van der Waals surface area contributed by atoms with Crippen LogP contribution in [0.5, 0.6) is 5.75 Å². The van der Waals surface area contributed by atoms with Crippen molar-refractivity contribution in [3.63, 3.8) is 0 Å². The summed E-state index contributed by atoms with van der Waals surface area (Å²) < 4.78 is 4.91. The van der Waals surface area contributed by atoms with Crippen molar-refractivity contribution < 1.29 is 4.74 Å². The number of hydrogen-bond acceptors (Lipinski definition) is 2. The zero-order chi connectivity index (χ0) is 7.56. The minimum Gasteiger partial charge on any atom is -0.495 e. The van der Waals surface area contributed by atoms with Crippen LogP contribution < -0.4 is 10.5 Å². The fraction of sp³-hybridized carbons (Fsp3) is 0.143. The molecule has 54 valence electrons. The van der Waals surface area contributed by atoms with E-state index in [-0.39, 0.29) is 0 Å². The Hall–Kier alpha value is -0.890. The molecule has 0 saturated heterocycles. The van der Waals surface area contributed by atoms with E-state index in [0.29, 0.717) is 16.5 Å². The molecule has 1 aromatic rings. The lowest BCUT2D eigenvalue weighted by Gasteiger charge is -2.03. The Bertz CT molecular complexity index is 237. The first-order valence-corrected chi connectivity index (χ1v) is 3.21. The van der Waals surface area contributed by atoms with Crippen LogP contribution in [0.1, 0.15) is 0 Å². The summed E-state index contributed by atoms with van der Waals surface area (Å²) in [4.78, 5) is 0. The van der Waals surface area contributed by atoms with E-state index >= 15 is 0 Å². The second-order valence-corrected chi connectivity index (χ2v) is 2.24. The predicted molar refractivity (Wildman–Crippen MR) is 42.4 cm³/mol. The monoisotopic (exact) mass is 157 g/mol. The fourth-order valence-corrected chi connectivity index (χ4v) is 0.889. The second kappa shape index (κ2) is 2.80. The van der Waals surface area contributed by atoms with Crippen molar-refractivity contribution in [3.05, 3.63) is 23.2 Å². The van der Waals surface area contributed by atoms with Crippen LogP contribution in [0, 0.1) is 0 Å². The molecule has 0 fully saturated rings. The van der Waals surface area contributed by atoms with Gasteiger partial charge in [0.15, 0.2) is 0 Å². The third-order valence-corrected chi connectivity index (χ3v) is 1.62. The number of anilines is 1. The van der Waals surface area contributed by atoms with Gasteiger partial charge in [-0.05, 0) is 12.1 Å². The summed E-state index contributed by atoms with van der Waals surface area (Å²) >= 11 is 5.74. The Morgan fingerprint density at radius 1 is 1.50 bits per heavy atom. The van der Waals surface area contributed by atoms with Crippen molar-refractivity contribution in [1.29, 1.82) is 0 Å². The van der Waals surface area contributed by atoms with Crippen LogP contribution in [0.15, 0.2) is 18.2 Å². The molecule has 0 aliphatic carbocycles. The molecule has 1 rings (SSSR count). The van der Waals surface area contributed by atoms with Crippen molar-refractivity contribution in [1.82, 2.24) is 0 Å². The smallest absolute Gasteiger partial charge is 0.139 e. The molecule has 3 heteroatoms. The summed E-state index contributed by atoms with van der Waals surface area (Å²) in [5.41, 5.74) is 6.03. The van der Waals surface area contributed by atoms with Gasteiger partial charge in [-0.15, -0.1) is 0 Å². The molecular weight excluding hydrogens is 150 g/mol. The van der Waals surface area contributed by atoms with Gasteiger partial charge < -0.3 is 10.5 Å². The van der Waals surface area contributed by atoms with Crippen molar-refractivity contribution in [2.24, 2.45) is 0 Å². The van der Waals surface area contributed by atoms with Crippen molar-refractivity contribution >= 4 is 17.3 Å². The van der Waals surface area contributed by atoms with Crippen LogP contribution in [-0.2, 0) is 0 Å². The van der Waals surface area contributed by atoms with Gasteiger partial charge in [0.1, 0.15) is 10.8 Å². The van der Waals surface area contributed by atoms with Crippen LogP contribution in [0.3, 0.4) is 0 Å². The molecule has 0 aromatic heterocycles. The molecule has 0 radical (unpaired) electrons. The van der Waals surface area contributed by atoms with Crippen LogP contribution in [0.4, 0.5) is 5.69 Å². The summed E-state index contributed by atoms with van der Waals surface area (Å²) in [6, 6.07) is 5.28. The molecule has 2 N–H and O–H groups in total. The van der Waals surface area contributed by atoms with E-state index in [2.05, 4.69) is 0 Å². The number of halogens is 1. The Balaban J connectivity index is 3.14. The highest BCUT2D eigenvalue weighted by Gasteiger charge is 2.00. The number of nitrogen functional groups attached to an aromatic ring is 1. The van der Waals surface area contributed by atoms with Crippen molar-refractivity contribution in [2.75, 3.05) is 12.8 Å². The van der Waals surface area contributed by atoms with Gasteiger partial charge >= 0.3 is 0 Å². The zero-order valence-corrected chi connectivity index (χ0v) is 6.35. The third kappa shape index (κ3) is 1.16. The fourth-order valence-electron chi connectivity index (χ4n) is 0.685. The number of benzene rings is 1. The highest BCUT2D eigenvalue weighted by atomic mass is 35.5. The summed E-state index contributed by atoms with van der Waals surface area (Å²) in [5.74, 6) is 0.613. The summed E-state index contributed by atoms with van der Waals surface area (Å²) in [5, 5.41) is 0.477. The van der Waals surface area contributed by atoms with E-state index in [1.165, 1.54) is 0 Å². The Kier molecular flexibility index (Phi) is 2.02. The van der Waals surface area contributed by atoms with Crippen LogP contribution >= 0.6 is 11.6 Å². The minimum atomic E-state index is 0.477. The van der Waals surface area contributed by atoms with E-state index < -0.39 is 0 Å². The van der Waals surface area contributed by atoms with Gasteiger partial charge in [-0.3, -0.25) is 0 Å². The minimum absolute atomic E-state index is 0.477. The predicted octanol–water partition coefficient (Wildman–Crippen LogP) is 1.93. The molecule has 0 spiro atoms. The van der Waals surface area contributed by atoms with Gasteiger partial charge in [-0.2, -0.15) is 0 Å². The maximum atomic E-state index is 5.74. The molecule has 0 aliphatic heterocycles. The molecule has 0 amide bonds. The Morgan fingerprint density at radius 2 is 2.20 bits per heavy atom. The second-order valence-electron chi connectivity index (χ2n) is 1.86. The number of methoxy groups -OCH3 is 1. The number of nitrogens with two attached hydrogens (primary N) is 1. The molecule has 0 saturated carbocycles. The van der Waals surface area contributed by atoms with E-state index in [1.54, 1.807) is 25.3 Å². The quantitative estimate of drug-likeness (QED) is 0.633. The Morgan fingerprint density at radius 3 is 2.70 bits per heavy atom. The number of ether oxygens (including phenoxy) is 1. The molecule has 10 heavy (non-hydrogen) atoms. The van der Waals surface area contributed by atoms with Gasteiger partial charge in [-0.25, -0.2) is 0 Å². The lowest BCUT2D eigenvalue weighted by Crippen LogP contribution is -1.89. The normalized spacial score (nSPS) is 9.40. The SMILES string of the molecule is COc1cccc(N)c1Cl. The molecule has 0 aliphatic rings. The molecule has 2 nitrogen and oxygen atoms in total. The average Bonchev–Trinajstić information content (AvgIpc) is 1.95. The lowest BCUT2D eigenvalue weighted by atomic mass is 10.3. The molecule has 0 bridgehead atoms. The van der Waals surface area contributed by atoms with E-state index in [1.807, 2.05) is 0 Å². The molecular formula is C7H8ClNO. The van der Waals surface area contributed by atoms with Crippen LogP contribution in [-0.4, -0.2) is 7.11 Å². The number of rotatable bonds is 1. The van der Waals surface area contributed by atoms with Gasteiger partial charge in [0.25, 0.3) is 0 Å². The highest BCUT2D eigenvalue weighted by molar-refractivity contribution is 6.34. The zero-order valence-electron chi connectivity index (χ0n) is 5.60.